The number of nitrogens with zero attached hydrogens (tertiary/aromatic N) is 2. The van der Waals surface area contributed by atoms with Crippen molar-refractivity contribution in [2.24, 2.45) is 0 Å². The van der Waals surface area contributed by atoms with Gasteiger partial charge in [0.2, 0.25) is 0 Å². The number of hydrogen-bond acceptors (Lipinski definition) is 1. The average Bonchev–Trinajstić information content (AvgIpc) is 2.78. The summed E-state index contributed by atoms with van der Waals surface area (Å²) in [5, 5.41) is 0. The van der Waals surface area contributed by atoms with Crippen molar-refractivity contribution in [3.63, 3.8) is 0 Å². The molecule has 0 saturated heterocycles. The highest BCUT2D eigenvalue weighted by atomic mass is 19.2. The quantitative estimate of drug-likeness (QED) is 0.690. The molecule has 0 unspecified atom stereocenters. The lowest BCUT2D eigenvalue weighted by molar-refractivity contribution is 0.496. The average molecular weight is 272 g/mol. The first-order chi connectivity index (χ1) is 9.56. The van der Waals surface area contributed by atoms with Crippen LogP contribution in [0, 0.1) is 25.5 Å². The fraction of sp³-hybridized carbons (Fsp3) is 0.188. The van der Waals surface area contributed by atoms with E-state index in [0.717, 1.165) is 22.7 Å². The number of benzene rings is 2. The summed E-state index contributed by atoms with van der Waals surface area (Å²) >= 11 is 0. The lowest BCUT2D eigenvalue weighted by Crippen LogP contribution is -2.02. The van der Waals surface area contributed by atoms with Crippen LogP contribution in [0.5, 0.6) is 0 Å². The Morgan fingerprint density at radius 1 is 1.10 bits per heavy atom. The molecule has 1 aromatic heterocycles. The Bertz CT molecular complexity index is 791. The van der Waals surface area contributed by atoms with Crippen LogP contribution in [0.4, 0.5) is 8.78 Å². The molecule has 3 aromatic rings. The van der Waals surface area contributed by atoms with Crippen LogP contribution in [-0.4, -0.2) is 9.55 Å². The second kappa shape index (κ2) is 4.71. The lowest BCUT2D eigenvalue weighted by atomic mass is 10.1. The summed E-state index contributed by atoms with van der Waals surface area (Å²) in [6, 6.07) is 8.25. The molecular formula is C16H14F2N2. The molecule has 4 heteroatoms. The second-order valence-electron chi connectivity index (χ2n) is 5.01. The number of aryl methyl sites for hydroxylation is 2. The van der Waals surface area contributed by atoms with Gasteiger partial charge in [-0.1, -0.05) is 12.1 Å². The highest BCUT2D eigenvalue weighted by Gasteiger charge is 2.10. The van der Waals surface area contributed by atoms with Gasteiger partial charge in [-0.15, -0.1) is 0 Å². The summed E-state index contributed by atoms with van der Waals surface area (Å²) in [6.07, 6.45) is 1.66. The van der Waals surface area contributed by atoms with Crippen molar-refractivity contribution in [1.29, 1.82) is 0 Å². The first-order valence-corrected chi connectivity index (χ1v) is 6.41. The Hall–Kier alpha value is -2.23. The maximum Gasteiger partial charge on any atom is 0.163 e. The first-order valence-electron chi connectivity index (χ1n) is 6.41. The highest BCUT2D eigenvalue weighted by molar-refractivity contribution is 5.77. The predicted octanol–water partition coefficient (Wildman–Crippen LogP) is 3.98. The zero-order valence-corrected chi connectivity index (χ0v) is 11.3. The number of fused-ring (bicyclic) bond motifs is 1. The van der Waals surface area contributed by atoms with E-state index < -0.39 is 11.6 Å². The van der Waals surface area contributed by atoms with E-state index in [1.165, 1.54) is 11.6 Å². The normalized spacial score (nSPS) is 11.2. The summed E-state index contributed by atoms with van der Waals surface area (Å²) in [6.45, 7) is 4.32. The topological polar surface area (TPSA) is 17.8 Å². The van der Waals surface area contributed by atoms with Gasteiger partial charge in [0.1, 0.15) is 0 Å². The molecular weight excluding hydrogens is 258 g/mol. The number of imidazole rings is 1. The summed E-state index contributed by atoms with van der Waals surface area (Å²) in [5.41, 5.74) is 4.43. The van der Waals surface area contributed by atoms with Gasteiger partial charge in [0.15, 0.2) is 11.6 Å². The number of hydrogen-bond donors (Lipinski definition) is 0. The fourth-order valence-corrected chi connectivity index (χ4v) is 2.29. The molecule has 0 aliphatic rings. The molecule has 0 saturated carbocycles. The summed E-state index contributed by atoms with van der Waals surface area (Å²) in [5.74, 6) is -1.61. The van der Waals surface area contributed by atoms with Gasteiger partial charge in [-0.25, -0.2) is 13.8 Å². The lowest BCUT2D eigenvalue weighted by Gasteiger charge is -2.07. The molecule has 0 aliphatic heterocycles. The molecule has 0 aliphatic carbocycles. The van der Waals surface area contributed by atoms with Crippen molar-refractivity contribution in [2.75, 3.05) is 0 Å². The third-order valence-electron chi connectivity index (χ3n) is 3.61. The van der Waals surface area contributed by atoms with Crippen molar-refractivity contribution < 1.29 is 8.78 Å². The Morgan fingerprint density at radius 2 is 1.85 bits per heavy atom. The molecule has 0 radical (unpaired) electrons. The first kappa shape index (κ1) is 12.8. The van der Waals surface area contributed by atoms with Crippen LogP contribution in [0.3, 0.4) is 0 Å². The molecule has 1 heterocycles. The smallest absolute Gasteiger partial charge is 0.163 e. The largest absolute Gasteiger partial charge is 0.326 e. The van der Waals surface area contributed by atoms with Gasteiger partial charge >= 0.3 is 0 Å². The van der Waals surface area contributed by atoms with Gasteiger partial charge in [0.05, 0.1) is 23.9 Å². The molecule has 102 valence electrons. The molecule has 2 nitrogen and oxygen atoms in total. The van der Waals surface area contributed by atoms with Crippen LogP contribution >= 0.6 is 0 Å². The Labute approximate surface area is 115 Å². The molecule has 3 rings (SSSR count). The zero-order chi connectivity index (χ0) is 14.3. The van der Waals surface area contributed by atoms with E-state index in [0.29, 0.717) is 5.56 Å². The Kier molecular flexibility index (Phi) is 3.01. The molecule has 0 amide bonds. The molecule has 0 fully saturated rings. The van der Waals surface area contributed by atoms with E-state index in [1.807, 2.05) is 30.5 Å². The molecule has 0 spiro atoms. The van der Waals surface area contributed by atoms with Crippen LogP contribution in [0.25, 0.3) is 11.0 Å². The van der Waals surface area contributed by atoms with Crippen LogP contribution < -0.4 is 0 Å². The van der Waals surface area contributed by atoms with E-state index >= 15 is 0 Å². The predicted molar refractivity (Wildman–Crippen MR) is 74.7 cm³/mol. The monoisotopic (exact) mass is 272 g/mol. The van der Waals surface area contributed by atoms with Crippen molar-refractivity contribution in [3.05, 3.63) is 65.0 Å². The molecule has 2 aromatic carbocycles. The van der Waals surface area contributed by atoms with Crippen LogP contribution in [0.15, 0.2) is 36.7 Å². The zero-order valence-electron chi connectivity index (χ0n) is 11.3. The molecule has 0 bridgehead atoms. The number of rotatable bonds is 2. The minimum absolute atomic E-state index is 0.266. The van der Waals surface area contributed by atoms with Crippen molar-refractivity contribution in [1.82, 2.24) is 9.55 Å². The summed E-state index contributed by atoms with van der Waals surface area (Å²) in [4.78, 5) is 4.32. The Morgan fingerprint density at radius 3 is 2.65 bits per heavy atom. The maximum atomic E-state index is 13.7. The van der Waals surface area contributed by atoms with Gasteiger partial charge in [-0.05, 0) is 43.2 Å². The van der Waals surface area contributed by atoms with Gasteiger partial charge < -0.3 is 4.57 Å². The third-order valence-corrected chi connectivity index (χ3v) is 3.61. The maximum absolute atomic E-state index is 13.7. The van der Waals surface area contributed by atoms with Crippen LogP contribution in [0.2, 0.25) is 0 Å². The van der Waals surface area contributed by atoms with Crippen molar-refractivity contribution in [2.45, 2.75) is 20.4 Å². The highest BCUT2D eigenvalue weighted by Crippen LogP contribution is 2.20. The van der Waals surface area contributed by atoms with E-state index in [4.69, 9.17) is 0 Å². The summed E-state index contributed by atoms with van der Waals surface area (Å²) in [7, 11) is 0. The molecule has 0 N–H and O–H groups in total. The van der Waals surface area contributed by atoms with Crippen LogP contribution in [-0.2, 0) is 6.54 Å². The van der Waals surface area contributed by atoms with Crippen LogP contribution in [0.1, 0.15) is 16.7 Å². The minimum Gasteiger partial charge on any atom is -0.326 e. The van der Waals surface area contributed by atoms with Crippen molar-refractivity contribution >= 4 is 11.0 Å². The third kappa shape index (κ3) is 2.07. The van der Waals surface area contributed by atoms with E-state index in [-0.39, 0.29) is 6.54 Å². The Balaban J connectivity index is 2.07. The molecule has 0 atom stereocenters. The van der Waals surface area contributed by atoms with E-state index in [9.17, 15) is 8.78 Å². The number of aromatic nitrogens is 2. The van der Waals surface area contributed by atoms with E-state index in [1.54, 1.807) is 12.4 Å². The second-order valence-corrected chi connectivity index (χ2v) is 5.01. The van der Waals surface area contributed by atoms with Gasteiger partial charge in [-0.2, -0.15) is 0 Å². The van der Waals surface area contributed by atoms with Crippen molar-refractivity contribution in [3.8, 4) is 0 Å². The number of halogens is 2. The summed E-state index contributed by atoms with van der Waals surface area (Å²) < 4.78 is 28.8. The fourth-order valence-electron chi connectivity index (χ4n) is 2.29. The van der Waals surface area contributed by atoms with E-state index in [2.05, 4.69) is 4.98 Å². The molecule has 20 heavy (non-hydrogen) atoms. The SMILES string of the molecule is Cc1cc2ncn(Cc3cccc(F)c3F)c2cc1C. The van der Waals surface area contributed by atoms with Gasteiger partial charge in [0, 0.05) is 5.56 Å². The standard InChI is InChI=1S/C16H14F2N2/c1-10-6-14-15(7-11(10)2)20(9-19-14)8-12-4-3-5-13(17)16(12)18/h3-7,9H,8H2,1-2H3. The van der Waals surface area contributed by atoms with Gasteiger partial charge in [0.25, 0.3) is 0 Å². The van der Waals surface area contributed by atoms with Gasteiger partial charge in [-0.3, -0.25) is 0 Å². The minimum atomic E-state index is -0.820.